The molecule has 2 N–H and O–H groups in total. The van der Waals surface area contributed by atoms with Gasteiger partial charge in [-0.1, -0.05) is 24.3 Å². The highest BCUT2D eigenvalue weighted by Gasteiger charge is 2.54. The van der Waals surface area contributed by atoms with Gasteiger partial charge in [-0.05, 0) is 51.2 Å². The van der Waals surface area contributed by atoms with Crippen LogP contribution in [0.15, 0.2) is 24.3 Å². The molecule has 1 aliphatic carbocycles. The lowest BCUT2D eigenvalue weighted by atomic mass is 9.76. The maximum absolute atomic E-state index is 13.2. The monoisotopic (exact) mass is 400 g/mol. The van der Waals surface area contributed by atoms with Crippen molar-refractivity contribution in [2.75, 3.05) is 20.1 Å². The summed E-state index contributed by atoms with van der Waals surface area (Å²) in [6.07, 6.45) is 2.13. The molecule has 1 heterocycles. The second kappa shape index (κ2) is 7.50. The van der Waals surface area contributed by atoms with Crippen LogP contribution in [0.25, 0.3) is 0 Å². The van der Waals surface area contributed by atoms with Crippen molar-refractivity contribution in [2.24, 2.45) is 0 Å². The number of imide groups is 1. The number of aryl methyl sites for hydroxylation is 1. The third-order valence-electron chi connectivity index (χ3n) is 5.27. The van der Waals surface area contributed by atoms with E-state index < -0.39 is 35.5 Å². The van der Waals surface area contributed by atoms with Crippen LogP contribution in [0, 0.1) is 0 Å². The number of rotatable bonds is 4. The first-order chi connectivity index (χ1) is 13.5. The Labute approximate surface area is 170 Å². The molecule has 5 amide bonds. The van der Waals surface area contributed by atoms with E-state index in [2.05, 4.69) is 10.6 Å². The van der Waals surface area contributed by atoms with Crippen molar-refractivity contribution in [2.45, 2.75) is 51.1 Å². The Balaban J connectivity index is 1.71. The molecule has 3 rings (SSSR count). The molecule has 0 unspecified atom stereocenters. The van der Waals surface area contributed by atoms with E-state index in [-0.39, 0.29) is 12.5 Å². The SMILES string of the molecule is CN(CC(=O)NC(C)(C)C)C(=O)CN1C(=O)N[C@]2(CCCc3ccccc32)C1=O. The molecule has 1 aromatic carbocycles. The summed E-state index contributed by atoms with van der Waals surface area (Å²) in [4.78, 5) is 52.6. The molecule has 1 aliphatic heterocycles. The van der Waals surface area contributed by atoms with Crippen LogP contribution in [0.4, 0.5) is 4.79 Å². The van der Waals surface area contributed by atoms with Gasteiger partial charge >= 0.3 is 6.03 Å². The molecule has 0 radical (unpaired) electrons. The van der Waals surface area contributed by atoms with Crippen molar-refractivity contribution in [1.29, 1.82) is 0 Å². The number of carbonyl (C=O) groups excluding carboxylic acids is 4. The summed E-state index contributed by atoms with van der Waals surface area (Å²) >= 11 is 0. The summed E-state index contributed by atoms with van der Waals surface area (Å²) in [5, 5.41) is 5.61. The van der Waals surface area contributed by atoms with Gasteiger partial charge in [0, 0.05) is 12.6 Å². The van der Waals surface area contributed by atoms with E-state index in [1.165, 1.54) is 11.9 Å². The summed E-state index contributed by atoms with van der Waals surface area (Å²) < 4.78 is 0. The lowest BCUT2D eigenvalue weighted by Crippen LogP contribution is -2.49. The molecule has 2 aliphatic rings. The van der Waals surface area contributed by atoms with Crippen molar-refractivity contribution in [3.8, 4) is 0 Å². The van der Waals surface area contributed by atoms with Crippen LogP contribution in [0.3, 0.4) is 0 Å². The van der Waals surface area contributed by atoms with Gasteiger partial charge in [0.2, 0.25) is 11.8 Å². The third-order valence-corrected chi connectivity index (χ3v) is 5.27. The van der Waals surface area contributed by atoms with E-state index in [0.717, 1.165) is 28.9 Å². The highest BCUT2D eigenvalue weighted by Crippen LogP contribution is 2.39. The number of benzene rings is 1. The van der Waals surface area contributed by atoms with Gasteiger partial charge in [0.1, 0.15) is 12.1 Å². The van der Waals surface area contributed by atoms with E-state index in [1.807, 2.05) is 45.0 Å². The van der Waals surface area contributed by atoms with Gasteiger partial charge in [0.05, 0.1) is 6.54 Å². The molecule has 8 nitrogen and oxygen atoms in total. The van der Waals surface area contributed by atoms with Crippen LogP contribution in [0.2, 0.25) is 0 Å². The second-order valence-electron chi connectivity index (χ2n) is 8.79. The lowest BCUT2D eigenvalue weighted by molar-refractivity contribution is -0.140. The molecule has 1 atom stereocenters. The van der Waals surface area contributed by atoms with E-state index in [1.54, 1.807) is 0 Å². The van der Waals surface area contributed by atoms with E-state index in [4.69, 9.17) is 0 Å². The minimum absolute atomic E-state index is 0.145. The van der Waals surface area contributed by atoms with Gasteiger partial charge in [0.15, 0.2) is 0 Å². The van der Waals surface area contributed by atoms with Crippen molar-refractivity contribution in [3.05, 3.63) is 35.4 Å². The van der Waals surface area contributed by atoms with Crippen LogP contribution in [0.1, 0.15) is 44.7 Å². The van der Waals surface area contributed by atoms with Crippen LogP contribution < -0.4 is 10.6 Å². The summed E-state index contributed by atoms with van der Waals surface area (Å²) in [6, 6.07) is 7.01. The van der Waals surface area contributed by atoms with E-state index in [0.29, 0.717) is 6.42 Å². The van der Waals surface area contributed by atoms with Crippen LogP contribution in [-0.2, 0) is 26.3 Å². The molecule has 0 saturated carbocycles. The molecule has 1 aromatic rings. The summed E-state index contributed by atoms with van der Waals surface area (Å²) in [5.41, 5.74) is 0.329. The molecule has 1 saturated heterocycles. The average molecular weight is 400 g/mol. The predicted molar refractivity (Wildman–Crippen MR) is 107 cm³/mol. The Morgan fingerprint density at radius 2 is 1.93 bits per heavy atom. The first-order valence-corrected chi connectivity index (χ1v) is 9.81. The molecular weight excluding hydrogens is 372 g/mol. The molecule has 8 heteroatoms. The number of fused-ring (bicyclic) bond motifs is 2. The third kappa shape index (κ3) is 4.11. The molecule has 29 heavy (non-hydrogen) atoms. The number of hydrogen-bond acceptors (Lipinski definition) is 4. The highest BCUT2D eigenvalue weighted by molar-refractivity contribution is 6.09. The molecule has 1 fully saturated rings. The number of amides is 5. The Bertz CT molecular complexity index is 860. The first-order valence-electron chi connectivity index (χ1n) is 9.81. The maximum Gasteiger partial charge on any atom is 0.325 e. The number of hydrogen-bond donors (Lipinski definition) is 2. The molecule has 0 aromatic heterocycles. The fourth-order valence-electron chi connectivity index (χ4n) is 3.97. The summed E-state index contributed by atoms with van der Waals surface area (Å²) in [6.45, 7) is 5.01. The smallest absolute Gasteiger partial charge is 0.325 e. The van der Waals surface area contributed by atoms with Crippen LogP contribution >= 0.6 is 0 Å². The van der Waals surface area contributed by atoms with Gasteiger partial charge in [-0.3, -0.25) is 19.3 Å². The van der Waals surface area contributed by atoms with Gasteiger partial charge < -0.3 is 15.5 Å². The number of likely N-dealkylation sites (N-methyl/N-ethyl adjacent to an activating group) is 1. The fraction of sp³-hybridized carbons (Fsp3) is 0.524. The van der Waals surface area contributed by atoms with E-state index >= 15 is 0 Å². The van der Waals surface area contributed by atoms with Gasteiger partial charge in [0.25, 0.3) is 5.91 Å². The molecular formula is C21H28N4O4. The maximum atomic E-state index is 13.2. The molecule has 156 valence electrons. The largest absolute Gasteiger partial charge is 0.350 e. The predicted octanol–water partition coefficient (Wildman–Crippen LogP) is 1.14. The van der Waals surface area contributed by atoms with Crippen LogP contribution in [0.5, 0.6) is 0 Å². The minimum Gasteiger partial charge on any atom is -0.350 e. The topological polar surface area (TPSA) is 98.8 Å². The number of nitrogens with one attached hydrogen (secondary N) is 2. The van der Waals surface area contributed by atoms with Gasteiger partial charge in [-0.15, -0.1) is 0 Å². The standard InChI is InChI=1S/C21H28N4O4/c1-20(2,3)22-16(26)12-24(4)17(27)13-25-18(28)21(23-19(25)29)11-7-9-14-8-5-6-10-15(14)21/h5-6,8,10H,7,9,11-13H2,1-4H3,(H,22,26)(H,23,29)/t21-/m0/s1. The Morgan fingerprint density at radius 1 is 1.24 bits per heavy atom. The summed E-state index contributed by atoms with van der Waals surface area (Å²) in [7, 11) is 1.48. The zero-order valence-corrected chi connectivity index (χ0v) is 17.4. The lowest BCUT2D eigenvalue weighted by Gasteiger charge is -2.33. The normalized spacial score (nSPS) is 21.0. The zero-order chi connectivity index (χ0) is 21.4. The number of carbonyl (C=O) groups is 4. The number of urea groups is 1. The molecule has 0 bridgehead atoms. The Kier molecular flexibility index (Phi) is 5.38. The first kappa shape index (κ1) is 20.8. The Hall–Kier alpha value is -2.90. The Morgan fingerprint density at radius 3 is 2.62 bits per heavy atom. The average Bonchev–Trinajstić information content (AvgIpc) is 2.85. The summed E-state index contributed by atoms with van der Waals surface area (Å²) in [5.74, 6) is -1.18. The zero-order valence-electron chi connectivity index (χ0n) is 17.4. The van der Waals surface area contributed by atoms with Crippen molar-refractivity contribution < 1.29 is 19.2 Å². The number of nitrogens with zero attached hydrogens (tertiary/aromatic N) is 2. The molecule has 1 spiro atoms. The van der Waals surface area contributed by atoms with Gasteiger partial charge in [-0.25, -0.2) is 4.79 Å². The van der Waals surface area contributed by atoms with E-state index in [9.17, 15) is 19.2 Å². The van der Waals surface area contributed by atoms with Gasteiger partial charge in [-0.2, -0.15) is 0 Å². The van der Waals surface area contributed by atoms with Crippen molar-refractivity contribution in [3.63, 3.8) is 0 Å². The quantitative estimate of drug-likeness (QED) is 0.741. The van der Waals surface area contributed by atoms with Crippen molar-refractivity contribution in [1.82, 2.24) is 20.4 Å². The fourth-order valence-corrected chi connectivity index (χ4v) is 3.97. The second-order valence-corrected chi connectivity index (χ2v) is 8.79. The highest BCUT2D eigenvalue weighted by atomic mass is 16.2. The van der Waals surface area contributed by atoms with Crippen molar-refractivity contribution >= 4 is 23.8 Å². The van der Waals surface area contributed by atoms with Crippen LogP contribution in [-0.4, -0.2) is 59.2 Å². The minimum atomic E-state index is -1.10.